The number of thioether (sulfide) groups is 1. The summed E-state index contributed by atoms with van der Waals surface area (Å²) in [5, 5.41) is 4.35. The topological polar surface area (TPSA) is 12.0 Å². The van der Waals surface area contributed by atoms with E-state index >= 15 is 0 Å². The first-order chi connectivity index (χ1) is 6.86. The van der Waals surface area contributed by atoms with Crippen LogP contribution in [-0.4, -0.2) is 18.3 Å². The van der Waals surface area contributed by atoms with E-state index in [0.717, 1.165) is 23.4 Å². The summed E-state index contributed by atoms with van der Waals surface area (Å²) < 4.78 is 0. The first-order valence-corrected chi connectivity index (χ1v) is 6.33. The van der Waals surface area contributed by atoms with Crippen LogP contribution in [0.1, 0.15) is 12.8 Å². The fraction of sp³-hybridized carbons (Fsp3) is 0.455. The van der Waals surface area contributed by atoms with Gasteiger partial charge in [-0.05, 0) is 25.0 Å². The minimum atomic E-state index is 0. The molecule has 0 aliphatic heterocycles. The summed E-state index contributed by atoms with van der Waals surface area (Å²) in [4.78, 5) is 1.19. The van der Waals surface area contributed by atoms with Gasteiger partial charge in [0, 0.05) is 23.2 Å². The summed E-state index contributed by atoms with van der Waals surface area (Å²) in [6.45, 7) is 1.08. The molecular formula is C11H15Cl2NS. The van der Waals surface area contributed by atoms with Crippen molar-refractivity contribution in [3.8, 4) is 0 Å². The molecular weight excluding hydrogens is 249 g/mol. The Morgan fingerprint density at radius 2 is 2.07 bits per heavy atom. The maximum Gasteiger partial charge on any atom is 0.0541 e. The minimum absolute atomic E-state index is 0. The quantitative estimate of drug-likeness (QED) is 0.644. The predicted molar refractivity (Wildman–Crippen MR) is 70.4 cm³/mol. The van der Waals surface area contributed by atoms with E-state index in [2.05, 4.69) is 11.4 Å². The fourth-order valence-electron chi connectivity index (χ4n) is 1.27. The van der Waals surface area contributed by atoms with Gasteiger partial charge in [0.1, 0.15) is 0 Å². The first-order valence-electron chi connectivity index (χ1n) is 4.97. The molecule has 0 aromatic heterocycles. The van der Waals surface area contributed by atoms with E-state index in [1.165, 1.54) is 17.7 Å². The summed E-state index contributed by atoms with van der Waals surface area (Å²) in [6.07, 6.45) is 2.72. The number of rotatable bonds is 5. The molecule has 0 spiro atoms. The second-order valence-electron chi connectivity index (χ2n) is 3.51. The van der Waals surface area contributed by atoms with E-state index in [0.29, 0.717) is 0 Å². The van der Waals surface area contributed by atoms with Gasteiger partial charge in [-0.2, -0.15) is 0 Å². The average molecular weight is 264 g/mol. The molecule has 0 heterocycles. The molecule has 0 bridgehead atoms. The van der Waals surface area contributed by atoms with Crippen LogP contribution in [0.15, 0.2) is 29.2 Å². The van der Waals surface area contributed by atoms with Crippen molar-refractivity contribution in [2.75, 3.05) is 12.3 Å². The van der Waals surface area contributed by atoms with Crippen molar-refractivity contribution < 1.29 is 0 Å². The normalized spacial score (nSPS) is 14.7. The predicted octanol–water partition coefficient (Wildman–Crippen LogP) is 3.61. The molecule has 1 aromatic carbocycles. The second kappa shape index (κ2) is 6.64. The maximum atomic E-state index is 6.04. The van der Waals surface area contributed by atoms with Crippen LogP contribution in [-0.2, 0) is 0 Å². The third-order valence-electron chi connectivity index (χ3n) is 2.21. The standard InChI is InChI=1S/C11H14ClNS.ClH/c12-10-3-1-2-4-11(10)14-8-7-13-9-5-6-9;/h1-4,9,13H,5-8H2;1H. The zero-order valence-electron chi connectivity index (χ0n) is 8.41. The third kappa shape index (κ3) is 4.64. The van der Waals surface area contributed by atoms with Crippen molar-refractivity contribution in [3.05, 3.63) is 29.3 Å². The highest BCUT2D eigenvalue weighted by Crippen LogP contribution is 2.26. The molecule has 0 atom stereocenters. The Morgan fingerprint density at radius 3 is 2.73 bits per heavy atom. The summed E-state index contributed by atoms with van der Waals surface area (Å²) in [7, 11) is 0. The lowest BCUT2D eigenvalue weighted by Gasteiger charge is -2.04. The van der Waals surface area contributed by atoms with Crippen LogP contribution in [0, 0.1) is 0 Å². The van der Waals surface area contributed by atoms with Crippen LogP contribution in [0.25, 0.3) is 0 Å². The Balaban J connectivity index is 0.00000112. The van der Waals surface area contributed by atoms with E-state index in [1.807, 2.05) is 30.0 Å². The molecule has 1 aliphatic carbocycles. The molecule has 4 heteroatoms. The van der Waals surface area contributed by atoms with Gasteiger partial charge in [-0.25, -0.2) is 0 Å². The van der Waals surface area contributed by atoms with Crippen molar-refractivity contribution in [1.29, 1.82) is 0 Å². The molecule has 1 fully saturated rings. The average Bonchev–Trinajstić information content (AvgIpc) is 2.99. The molecule has 0 saturated heterocycles. The monoisotopic (exact) mass is 263 g/mol. The Labute approximate surface area is 106 Å². The molecule has 15 heavy (non-hydrogen) atoms. The Morgan fingerprint density at radius 1 is 1.33 bits per heavy atom. The molecule has 2 rings (SSSR count). The third-order valence-corrected chi connectivity index (χ3v) is 3.72. The van der Waals surface area contributed by atoms with E-state index in [1.54, 1.807) is 0 Å². The molecule has 1 aromatic rings. The van der Waals surface area contributed by atoms with Gasteiger partial charge in [-0.3, -0.25) is 0 Å². The molecule has 0 radical (unpaired) electrons. The van der Waals surface area contributed by atoms with Gasteiger partial charge in [-0.15, -0.1) is 24.2 Å². The highest BCUT2D eigenvalue weighted by atomic mass is 35.5. The highest BCUT2D eigenvalue weighted by Gasteiger charge is 2.19. The molecule has 1 nitrogen and oxygen atoms in total. The summed E-state index contributed by atoms with van der Waals surface area (Å²) in [5.74, 6) is 1.10. The van der Waals surface area contributed by atoms with Gasteiger partial charge in [0.05, 0.1) is 5.02 Å². The van der Waals surface area contributed by atoms with Crippen LogP contribution in [0.5, 0.6) is 0 Å². The Kier molecular flexibility index (Phi) is 5.83. The van der Waals surface area contributed by atoms with Crippen molar-refractivity contribution in [3.63, 3.8) is 0 Å². The van der Waals surface area contributed by atoms with Gasteiger partial charge < -0.3 is 5.32 Å². The van der Waals surface area contributed by atoms with Crippen LogP contribution in [0.3, 0.4) is 0 Å². The van der Waals surface area contributed by atoms with E-state index < -0.39 is 0 Å². The SMILES string of the molecule is Cl.Clc1ccccc1SCCNC1CC1. The molecule has 0 amide bonds. The summed E-state index contributed by atoms with van der Waals surface area (Å²) in [5.41, 5.74) is 0. The minimum Gasteiger partial charge on any atom is -0.313 e. The van der Waals surface area contributed by atoms with Gasteiger partial charge in [0.25, 0.3) is 0 Å². The van der Waals surface area contributed by atoms with Gasteiger partial charge in [0.15, 0.2) is 0 Å². The lowest BCUT2D eigenvalue weighted by Crippen LogP contribution is -2.19. The van der Waals surface area contributed by atoms with E-state index in [4.69, 9.17) is 11.6 Å². The van der Waals surface area contributed by atoms with Crippen molar-refractivity contribution in [1.82, 2.24) is 5.32 Å². The summed E-state index contributed by atoms with van der Waals surface area (Å²) in [6, 6.07) is 8.82. The first kappa shape index (κ1) is 13.2. The smallest absolute Gasteiger partial charge is 0.0541 e. The van der Waals surface area contributed by atoms with Crippen LogP contribution in [0.2, 0.25) is 5.02 Å². The molecule has 1 N–H and O–H groups in total. The largest absolute Gasteiger partial charge is 0.313 e. The van der Waals surface area contributed by atoms with Crippen LogP contribution >= 0.6 is 35.8 Å². The lowest BCUT2D eigenvalue weighted by molar-refractivity contribution is 0.726. The van der Waals surface area contributed by atoms with Gasteiger partial charge in [-0.1, -0.05) is 23.7 Å². The van der Waals surface area contributed by atoms with Crippen molar-refractivity contribution in [2.24, 2.45) is 0 Å². The second-order valence-corrected chi connectivity index (χ2v) is 5.05. The molecule has 84 valence electrons. The number of hydrogen-bond donors (Lipinski definition) is 1. The number of hydrogen-bond acceptors (Lipinski definition) is 2. The molecule has 1 saturated carbocycles. The fourth-order valence-corrected chi connectivity index (χ4v) is 2.39. The van der Waals surface area contributed by atoms with Crippen LogP contribution < -0.4 is 5.32 Å². The highest BCUT2D eigenvalue weighted by molar-refractivity contribution is 7.99. The van der Waals surface area contributed by atoms with Crippen LogP contribution in [0.4, 0.5) is 0 Å². The molecule has 1 aliphatic rings. The number of halogens is 2. The van der Waals surface area contributed by atoms with Crippen molar-refractivity contribution >= 4 is 35.8 Å². The summed E-state index contributed by atoms with van der Waals surface area (Å²) >= 11 is 7.86. The number of nitrogens with one attached hydrogen (secondary N) is 1. The van der Waals surface area contributed by atoms with E-state index in [-0.39, 0.29) is 12.4 Å². The van der Waals surface area contributed by atoms with Gasteiger partial charge >= 0.3 is 0 Å². The Bertz CT molecular complexity index is 302. The maximum absolute atomic E-state index is 6.04. The van der Waals surface area contributed by atoms with Gasteiger partial charge in [0.2, 0.25) is 0 Å². The lowest BCUT2D eigenvalue weighted by atomic mass is 10.4. The number of benzene rings is 1. The zero-order valence-corrected chi connectivity index (χ0v) is 10.8. The zero-order chi connectivity index (χ0) is 9.80. The van der Waals surface area contributed by atoms with E-state index in [9.17, 15) is 0 Å². The Hall–Kier alpha value is 0.110. The van der Waals surface area contributed by atoms with Crippen molar-refractivity contribution in [2.45, 2.75) is 23.8 Å². The molecule has 0 unspecified atom stereocenters.